The molecule has 0 aromatic heterocycles. The van der Waals surface area contributed by atoms with Crippen LogP contribution < -0.4 is 11.1 Å². The lowest BCUT2D eigenvalue weighted by Gasteiger charge is -2.03. The average Bonchev–Trinajstić information content (AvgIpc) is 2.05. The Balaban J connectivity index is 2.41. The standard InChI is InChI=1S/C10H16N2/c1-9-3-2-4-10(7-9)8-12-6-5-11/h2-4,7,12H,5-6,8,11H2,1H3. The van der Waals surface area contributed by atoms with Gasteiger partial charge in [-0.15, -0.1) is 0 Å². The molecular weight excluding hydrogens is 148 g/mol. The first-order chi connectivity index (χ1) is 5.83. The van der Waals surface area contributed by atoms with E-state index in [4.69, 9.17) is 5.73 Å². The summed E-state index contributed by atoms with van der Waals surface area (Å²) in [6, 6.07) is 8.49. The lowest BCUT2D eigenvalue weighted by Crippen LogP contribution is -2.21. The molecule has 0 saturated heterocycles. The number of nitrogens with two attached hydrogens (primary N) is 1. The van der Waals surface area contributed by atoms with Crippen LogP contribution in [0.15, 0.2) is 24.3 Å². The number of hydrogen-bond donors (Lipinski definition) is 2. The van der Waals surface area contributed by atoms with Gasteiger partial charge in [0, 0.05) is 19.6 Å². The smallest absolute Gasteiger partial charge is 0.0206 e. The second-order valence-corrected chi connectivity index (χ2v) is 2.95. The molecule has 0 bridgehead atoms. The van der Waals surface area contributed by atoms with Crippen molar-refractivity contribution in [3.8, 4) is 0 Å². The van der Waals surface area contributed by atoms with Crippen molar-refractivity contribution in [1.82, 2.24) is 5.32 Å². The molecule has 0 radical (unpaired) electrons. The summed E-state index contributed by atoms with van der Waals surface area (Å²) in [4.78, 5) is 0. The van der Waals surface area contributed by atoms with E-state index in [1.165, 1.54) is 11.1 Å². The predicted molar refractivity (Wildman–Crippen MR) is 51.9 cm³/mol. The van der Waals surface area contributed by atoms with Crippen LogP contribution in [-0.2, 0) is 6.54 Å². The van der Waals surface area contributed by atoms with Crippen LogP contribution in [0.4, 0.5) is 0 Å². The van der Waals surface area contributed by atoms with Crippen LogP contribution in [0.25, 0.3) is 0 Å². The molecule has 0 aliphatic heterocycles. The summed E-state index contributed by atoms with van der Waals surface area (Å²) in [5.41, 5.74) is 7.99. The Labute approximate surface area is 73.8 Å². The van der Waals surface area contributed by atoms with E-state index < -0.39 is 0 Å². The van der Waals surface area contributed by atoms with E-state index in [0.717, 1.165) is 13.1 Å². The molecule has 0 unspecified atom stereocenters. The fourth-order valence-electron chi connectivity index (χ4n) is 1.16. The van der Waals surface area contributed by atoms with Crippen molar-refractivity contribution in [2.75, 3.05) is 13.1 Å². The molecule has 0 aliphatic rings. The fourth-order valence-corrected chi connectivity index (χ4v) is 1.16. The van der Waals surface area contributed by atoms with Crippen molar-refractivity contribution >= 4 is 0 Å². The minimum Gasteiger partial charge on any atom is -0.329 e. The van der Waals surface area contributed by atoms with E-state index in [1.807, 2.05) is 0 Å². The van der Waals surface area contributed by atoms with Crippen molar-refractivity contribution in [1.29, 1.82) is 0 Å². The molecule has 0 heterocycles. The van der Waals surface area contributed by atoms with Crippen LogP contribution in [0, 0.1) is 6.92 Å². The molecule has 66 valence electrons. The van der Waals surface area contributed by atoms with E-state index >= 15 is 0 Å². The van der Waals surface area contributed by atoms with E-state index in [1.54, 1.807) is 0 Å². The zero-order valence-corrected chi connectivity index (χ0v) is 7.51. The van der Waals surface area contributed by atoms with E-state index in [9.17, 15) is 0 Å². The third-order valence-corrected chi connectivity index (χ3v) is 1.73. The number of nitrogens with one attached hydrogen (secondary N) is 1. The van der Waals surface area contributed by atoms with Crippen LogP contribution in [0.1, 0.15) is 11.1 Å². The summed E-state index contributed by atoms with van der Waals surface area (Å²) in [6.07, 6.45) is 0. The van der Waals surface area contributed by atoms with Gasteiger partial charge in [-0.05, 0) is 12.5 Å². The van der Waals surface area contributed by atoms with Gasteiger partial charge in [0.2, 0.25) is 0 Å². The fraction of sp³-hybridized carbons (Fsp3) is 0.400. The molecule has 1 aromatic rings. The van der Waals surface area contributed by atoms with Gasteiger partial charge in [0.05, 0.1) is 0 Å². The first kappa shape index (κ1) is 9.23. The highest BCUT2D eigenvalue weighted by Crippen LogP contribution is 2.02. The number of benzene rings is 1. The van der Waals surface area contributed by atoms with Crippen molar-refractivity contribution in [3.05, 3.63) is 35.4 Å². The third kappa shape index (κ3) is 3.03. The molecule has 3 N–H and O–H groups in total. The van der Waals surface area contributed by atoms with Crippen LogP contribution >= 0.6 is 0 Å². The zero-order valence-electron chi connectivity index (χ0n) is 7.51. The summed E-state index contributed by atoms with van der Waals surface area (Å²) in [7, 11) is 0. The van der Waals surface area contributed by atoms with Gasteiger partial charge in [0.25, 0.3) is 0 Å². The number of aryl methyl sites for hydroxylation is 1. The largest absolute Gasteiger partial charge is 0.329 e. The first-order valence-electron chi connectivity index (χ1n) is 4.29. The van der Waals surface area contributed by atoms with Gasteiger partial charge < -0.3 is 11.1 Å². The molecular formula is C10H16N2. The molecule has 0 fully saturated rings. The Hall–Kier alpha value is -0.860. The van der Waals surface area contributed by atoms with Gasteiger partial charge in [-0.3, -0.25) is 0 Å². The van der Waals surface area contributed by atoms with Crippen LogP contribution in [0.3, 0.4) is 0 Å². The summed E-state index contributed by atoms with van der Waals surface area (Å²) < 4.78 is 0. The maximum absolute atomic E-state index is 5.36. The van der Waals surface area contributed by atoms with Crippen molar-refractivity contribution in [2.45, 2.75) is 13.5 Å². The Bertz CT molecular complexity index is 233. The summed E-state index contributed by atoms with van der Waals surface area (Å²) in [5, 5.41) is 3.25. The van der Waals surface area contributed by atoms with E-state index in [2.05, 4.69) is 36.5 Å². The second-order valence-electron chi connectivity index (χ2n) is 2.95. The third-order valence-electron chi connectivity index (χ3n) is 1.73. The summed E-state index contributed by atoms with van der Waals surface area (Å²) in [5.74, 6) is 0. The molecule has 0 saturated carbocycles. The molecule has 0 spiro atoms. The Kier molecular flexibility index (Phi) is 3.77. The highest BCUT2D eigenvalue weighted by atomic mass is 14.9. The van der Waals surface area contributed by atoms with Crippen LogP contribution in [0.2, 0.25) is 0 Å². The van der Waals surface area contributed by atoms with Crippen molar-refractivity contribution in [2.24, 2.45) is 5.73 Å². The van der Waals surface area contributed by atoms with Gasteiger partial charge >= 0.3 is 0 Å². The highest BCUT2D eigenvalue weighted by molar-refractivity contribution is 5.21. The maximum atomic E-state index is 5.36. The van der Waals surface area contributed by atoms with Crippen LogP contribution in [0.5, 0.6) is 0 Å². The molecule has 1 aromatic carbocycles. The average molecular weight is 164 g/mol. The van der Waals surface area contributed by atoms with Crippen molar-refractivity contribution < 1.29 is 0 Å². The quantitative estimate of drug-likeness (QED) is 0.653. The predicted octanol–water partition coefficient (Wildman–Crippen LogP) is 1.04. The van der Waals surface area contributed by atoms with E-state index in [-0.39, 0.29) is 0 Å². The van der Waals surface area contributed by atoms with Gasteiger partial charge in [0.1, 0.15) is 0 Å². The normalized spacial score (nSPS) is 10.2. The lowest BCUT2D eigenvalue weighted by atomic mass is 10.1. The highest BCUT2D eigenvalue weighted by Gasteiger charge is 1.90. The number of rotatable bonds is 4. The molecule has 2 nitrogen and oxygen atoms in total. The Morgan fingerprint density at radius 1 is 1.42 bits per heavy atom. The molecule has 0 aliphatic carbocycles. The summed E-state index contributed by atoms with van der Waals surface area (Å²) >= 11 is 0. The first-order valence-corrected chi connectivity index (χ1v) is 4.29. The minimum absolute atomic E-state index is 0.700. The van der Waals surface area contributed by atoms with Gasteiger partial charge in [-0.2, -0.15) is 0 Å². The van der Waals surface area contributed by atoms with Gasteiger partial charge in [-0.1, -0.05) is 29.8 Å². The molecule has 2 heteroatoms. The topological polar surface area (TPSA) is 38.0 Å². The van der Waals surface area contributed by atoms with Gasteiger partial charge in [-0.25, -0.2) is 0 Å². The zero-order chi connectivity index (χ0) is 8.81. The minimum atomic E-state index is 0.700. The molecule has 0 atom stereocenters. The van der Waals surface area contributed by atoms with Crippen molar-refractivity contribution in [3.63, 3.8) is 0 Å². The van der Waals surface area contributed by atoms with E-state index in [0.29, 0.717) is 6.54 Å². The SMILES string of the molecule is Cc1cccc(CNCCN)c1. The Morgan fingerprint density at radius 2 is 2.25 bits per heavy atom. The molecule has 1 rings (SSSR count). The van der Waals surface area contributed by atoms with Crippen LogP contribution in [-0.4, -0.2) is 13.1 Å². The lowest BCUT2D eigenvalue weighted by molar-refractivity contribution is 0.694. The molecule has 12 heavy (non-hydrogen) atoms. The monoisotopic (exact) mass is 164 g/mol. The summed E-state index contributed by atoms with van der Waals surface area (Å²) in [6.45, 7) is 4.60. The second kappa shape index (κ2) is 4.91. The maximum Gasteiger partial charge on any atom is 0.0206 e. The number of hydrogen-bond acceptors (Lipinski definition) is 2. The van der Waals surface area contributed by atoms with Gasteiger partial charge in [0.15, 0.2) is 0 Å². The Morgan fingerprint density at radius 3 is 2.92 bits per heavy atom. The molecule has 0 amide bonds.